The van der Waals surface area contributed by atoms with Gasteiger partial charge in [-0.2, -0.15) is 0 Å². The van der Waals surface area contributed by atoms with E-state index in [1.54, 1.807) is 30.9 Å². The number of hydrogen-bond acceptors (Lipinski definition) is 3. The Labute approximate surface area is 170 Å². The SMILES string of the molecule is Cc1cc(F)ccc1N1CN(c2ccc(=O)[nH]c2C)C(=O)c2cc(F)c(Cl)cc21. The quantitative estimate of drug-likeness (QED) is 0.661. The number of rotatable bonds is 2. The van der Waals surface area contributed by atoms with Crippen molar-refractivity contribution < 1.29 is 13.6 Å². The van der Waals surface area contributed by atoms with E-state index in [1.807, 2.05) is 0 Å². The number of aromatic amines is 1. The Kier molecular flexibility index (Phi) is 4.62. The maximum absolute atomic E-state index is 14.2. The molecule has 0 aliphatic carbocycles. The van der Waals surface area contributed by atoms with Crippen LogP contribution in [0.25, 0.3) is 0 Å². The molecule has 2 aromatic carbocycles. The zero-order chi connectivity index (χ0) is 20.9. The number of amides is 1. The number of nitrogens with one attached hydrogen (secondary N) is 1. The van der Waals surface area contributed by atoms with Crippen LogP contribution in [0.15, 0.2) is 47.3 Å². The molecule has 8 heteroatoms. The van der Waals surface area contributed by atoms with E-state index in [0.717, 1.165) is 6.07 Å². The smallest absolute Gasteiger partial charge is 0.262 e. The van der Waals surface area contributed by atoms with Crippen LogP contribution in [0.4, 0.5) is 25.8 Å². The van der Waals surface area contributed by atoms with Crippen molar-refractivity contribution in [2.24, 2.45) is 0 Å². The molecule has 1 aliphatic rings. The van der Waals surface area contributed by atoms with Gasteiger partial charge in [0.2, 0.25) is 5.56 Å². The van der Waals surface area contributed by atoms with Gasteiger partial charge in [-0.3, -0.25) is 14.5 Å². The fourth-order valence-corrected chi connectivity index (χ4v) is 3.69. The molecule has 1 N–H and O–H groups in total. The van der Waals surface area contributed by atoms with Crippen LogP contribution in [0.3, 0.4) is 0 Å². The van der Waals surface area contributed by atoms with Crippen molar-refractivity contribution in [1.29, 1.82) is 0 Å². The van der Waals surface area contributed by atoms with Gasteiger partial charge >= 0.3 is 0 Å². The van der Waals surface area contributed by atoms with E-state index in [-0.39, 0.29) is 28.6 Å². The zero-order valence-electron chi connectivity index (χ0n) is 15.6. The predicted molar refractivity (Wildman–Crippen MR) is 108 cm³/mol. The summed E-state index contributed by atoms with van der Waals surface area (Å²) in [5, 5.41) is -0.116. The maximum atomic E-state index is 14.2. The fraction of sp³-hybridized carbons (Fsp3) is 0.143. The number of anilines is 3. The summed E-state index contributed by atoms with van der Waals surface area (Å²) in [6.45, 7) is 3.50. The Morgan fingerprint density at radius 3 is 2.34 bits per heavy atom. The van der Waals surface area contributed by atoms with E-state index in [2.05, 4.69) is 4.98 Å². The van der Waals surface area contributed by atoms with Gasteiger partial charge in [0.15, 0.2) is 0 Å². The number of pyridine rings is 1. The molecule has 0 radical (unpaired) electrons. The van der Waals surface area contributed by atoms with Gasteiger partial charge in [0.25, 0.3) is 5.91 Å². The summed E-state index contributed by atoms with van der Waals surface area (Å²) in [5.74, 6) is -1.53. The molecular formula is C21H16ClF2N3O2. The average Bonchev–Trinajstić information content (AvgIpc) is 2.65. The van der Waals surface area contributed by atoms with E-state index < -0.39 is 11.7 Å². The molecule has 0 unspecified atom stereocenters. The van der Waals surface area contributed by atoms with Crippen molar-refractivity contribution in [3.05, 3.63) is 86.3 Å². The van der Waals surface area contributed by atoms with Crippen molar-refractivity contribution in [2.75, 3.05) is 16.5 Å². The molecule has 4 rings (SSSR count). The number of fused-ring (bicyclic) bond motifs is 1. The van der Waals surface area contributed by atoms with Crippen molar-refractivity contribution >= 4 is 34.6 Å². The van der Waals surface area contributed by atoms with Crippen LogP contribution in [0.5, 0.6) is 0 Å². The summed E-state index contributed by atoms with van der Waals surface area (Å²) in [6.07, 6.45) is 0. The minimum absolute atomic E-state index is 0.0765. The molecule has 1 aliphatic heterocycles. The van der Waals surface area contributed by atoms with E-state index >= 15 is 0 Å². The summed E-state index contributed by atoms with van der Waals surface area (Å²) in [5.41, 5.74) is 2.53. The third-order valence-electron chi connectivity index (χ3n) is 4.92. The first-order valence-electron chi connectivity index (χ1n) is 8.81. The first-order valence-corrected chi connectivity index (χ1v) is 9.18. The summed E-state index contributed by atoms with van der Waals surface area (Å²) >= 11 is 5.98. The lowest BCUT2D eigenvalue weighted by Crippen LogP contribution is -2.45. The topological polar surface area (TPSA) is 56.4 Å². The lowest BCUT2D eigenvalue weighted by atomic mass is 10.0. The third-order valence-corrected chi connectivity index (χ3v) is 5.21. The van der Waals surface area contributed by atoms with Gasteiger partial charge in [-0.05, 0) is 55.8 Å². The molecule has 0 spiro atoms. The Morgan fingerprint density at radius 1 is 0.931 bits per heavy atom. The summed E-state index contributed by atoms with van der Waals surface area (Å²) in [7, 11) is 0. The average molecular weight is 416 g/mol. The predicted octanol–water partition coefficient (Wildman–Crippen LogP) is 4.68. The highest BCUT2D eigenvalue weighted by Gasteiger charge is 2.33. The standard InChI is InChI=1S/C21H16ClF2N3O2/c1-11-7-13(23)3-4-17(11)26-10-27(18-5-6-20(28)25-12(18)2)21(29)14-8-16(24)15(22)9-19(14)26/h3-9H,10H2,1-2H3,(H,25,28). The maximum Gasteiger partial charge on any atom is 0.262 e. The van der Waals surface area contributed by atoms with Crippen LogP contribution in [0, 0.1) is 25.5 Å². The first-order chi connectivity index (χ1) is 13.8. The molecule has 2 heterocycles. The highest BCUT2D eigenvalue weighted by molar-refractivity contribution is 6.31. The summed E-state index contributed by atoms with van der Waals surface area (Å²) in [4.78, 5) is 30.6. The summed E-state index contributed by atoms with van der Waals surface area (Å²) in [6, 6.07) is 9.65. The Balaban J connectivity index is 1.93. The third kappa shape index (κ3) is 3.27. The molecule has 5 nitrogen and oxygen atoms in total. The minimum Gasteiger partial charge on any atom is -0.324 e. The van der Waals surface area contributed by atoms with Gasteiger partial charge in [0.05, 0.1) is 22.0 Å². The van der Waals surface area contributed by atoms with E-state index in [0.29, 0.717) is 28.3 Å². The number of H-pyrrole nitrogens is 1. The van der Waals surface area contributed by atoms with Gasteiger partial charge in [0.1, 0.15) is 18.3 Å². The fourth-order valence-electron chi connectivity index (χ4n) is 3.53. The van der Waals surface area contributed by atoms with Gasteiger partial charge in [-0.25, -0.2) is 8.78 Å². The molecule has 0 saturated heterocycles. The number of halogens is 3. The Bertz CT molecular complexity index is 1210. The van der Waals surface area contributed by atoms with Crippen LogP contribution in [-0.4, -0.2) is 17.6 Å². The molecule has 0 fully saturated rings. The molecule has 0 atom stereocenters. The molecule has 3 aromatic rings. The van der Waals surface area contributed by atoms with E-state index in [4.69, 9.17) is 11.6 Å². The van der Waals surface area contributed by atoms with Crippen LogP contribution >= 0.6 is 11.6 Å². The van der Waals surface area contributed by atoms with Gasteiger partial charge in [-0.1, -0.05) is 11.6 Å². The molecular weight excluding hydrogens is 400 g/mol. The lowest BCUT2D eigenvalue weighted by Gasteiger charge is -2.39. The lowest BCUT2D eigenvalue weighted by molar-refractivity contribution is 0.0983. The normalized spacial score (nSPS) is 13.6. The number of carbonyl (C=O) groups is 1. The largest absolute Gasteiger partial charge is 0.324 e. The minimum atomic E-state index is -0.713. The van der Waals surface area contributed by atoms with E-state index in [9.17, 15) is 18.4 Å². The van der Waals surface area contributed by atoms with Gasteiger partial charge < -0.3 is 9.88 Å². The van der Waals surface area contributed by atoms with Crippen molar-refractivity contribution in [2.45, 2.75) is 13.8 Å². The van der Waals surface area contributed by atoms with E-state index in [1.165, 1.54) is 29.2 Å². The first kappa shape index (κ1) is 19.1. The number of aromatic nitrogens is 1. The van der Waals surface area contributed by atoms with Crippen LogP contribution in [-0.2, 0) is 0 Å². The number of carbonyl (C=O) groups excluding carboxylic acids is 1. The molecule has 29 heavy (non-hydrogen) atoms. The van der Waals surface area contributed by atoms with Gasteiger partial charge in [0, 0.05) is 17.4 Å². The second-order valence-electron chi connectivity index (χ2n) is 6.85. The summed E-state index contributed by atoms with van der Waals surface area (Å²) < 4.78 is 27.8. The molecule has 1 aromatic heterocycles. The second-order valence-corrected chi connectivity index (χ2v) is 7.26. The Hall–Kier alpha value is -3.19. The highest BCUT2D eigenvalue weighted by atomic mass is 35.5. The number of nitrogens with zero attached hydrogens (tertiary/aromatic N) is 2. The highest BCUT2D eigenvalue weighted by Crippen LogP contribution is 2.39. The zero-order valence-corrected chi connectivity index (χ0v) is 16.3. The van der Waals surface area contributed by atoms with Gasteiger partial charge in [-0.15, -0.1) is 0 Å². The van der Waals surface area contributed by atoms with Crippen LogP contribution in [0.2, 0.25) is 5.02 Å². The monoisotopic (exact) mass is 415 g/mol. The van der Waals surface area contributed by atoms with Crippen LogP contribution in [0.1, 0.15) is 21.6 Å². The van der Waals surface area contributed by atoms with Crippen molar-refractivity contribution in [1.82, 2.24) is 4.98 Å². The number of hydrogen-bond donors (Lipinski definition) is 1. The second kappa shape index (κ2) is 7.00. The Morgan fingerprint density at radius 2 is 1.66 bits per heavy atom. The number of benzene rings is 2. The van der Waals surface area contributed by atoms with Crippen molar-refractivity contribution in [3.63, 3.8) is 0 Å². The molecule has 1 amide bonds. The van der Waals surface area contributed by atoms with Crippen molar-refractivity contribution in [3.8, 4) is 0 Å². The number of aryl methyl sites for hydroxylation is 2. The molecule has 0 bridgehead atoms. The van der Waals surface area contributed by atoms with Crippen LogP contribution < -0.4 is 15.4 Å². The molecule has 148 valence electrons. The molecule has 0 saturated carbocycles.